The van der Waals surface area contributed by atoms with Crippen LogP contribution in [0.15, 0.2) is 54.7 Å². The van der Waals surface area contributed by atoms with E-state index < -0.39 is 0 Å². The van der Waals surface area contributed by atoms with Crippen LogP contribution in [0.3, 0.4) is 0 Å². The first kappa shape index (κ1) is 25.1. The Bertz CT molecular complexity index is 1360. The molecule has 40 heavy (non-hydrogen) atoms. The predicted octanol–water partition coefficient (Wildman–Crippen LogP) is 5.21. The zero-order chi connectivity index (χ0) is 27.1. The van der Waals surface area contributed by atoms with Crippen LogP contribution in [0.2, 0.25) is 0 Å². The van der Waals surface area contributed by atoms with Crippen LogP contribution in [0.1, 0.15) is 49.3 Å². The van der Waals surface area contributed by atoms with Gasteiger partial charge in [0, 0.05) is 67.6 Å². The molecule has 3 aromatic rings. The second kappa shape index (κ2) is 10.6. The lowest BCUT2D eigenvalue weighted by atomic mass is 9.95. The minimum absolute atomic E-state index is 0.0404. The van der Waals surface area contributed by atoms with Gasteiger partial charge in [0.15, 0.2) is 0 Å². The lowest BCUT2D eigenvalue weighted by Gasteiger charge is -2.44. The number of likely N-dealkylation sites (N-methyl/N-ethyl adjacent to an activating group) is 1. The lowest BCUT2D eigenvalue weighted by molar-refractivity contribution is 0.165. The number of hydrogen-bond donors (Lipinski definition) is 2. The molecule has 1 atom stereocenters. The summed E-state index contributed by atoms with van der Waals surface area (Å²) in [7, 11) is 2.17. The topological polar surface area (TPSA) is 79.9 Å². The minimum atomic E-state index is 0.0404. The maximum absolute atomic E-state index is 14.2. The van der Waals surface area contributed by atoms with E-state index in [1.54, 1.807) is 0 Å². The summed E-state index contributed by atoms with van der Waals surface area (Å²) >= 11 is 0. The highest BCUT2D eigenvalue weighted by Crippen LogP contribution is 2.41. The number of aromatic nitrogens is 2. The van der Waals surface area contributed by atoms with Crippen molar-refractivity contribution < 1.29 is 4.79 Å². The van der Waals surface area contributed by atoms with Crippen molar-refractivity contribution >= 4 is 34.9 Å². The number of amides is 2. The van der Waals surface area contributed by atoms with Gasteiger partial charge in [0.2, 0.25) is 5.95 Å². The van der Waals surface area contributed by atoms with E-state index in [1.165, 1.54) is 11.3 Å². The Hall–Kier alpha value is -3.85. The van der Waals surface area contributed by atoms with Gasteiger partial charge in [-0.15, -0.1) is 0 Å². The van der Waals surface area contributed by atoms with Crippen LogP contribution in [0.4, 0.5) is 33.6 Å². The Balaban J connectivity index is 1.15. The molecular formula is C31H38N8O. The van der Waals surface area contributed by atoms with Crippen molar-refractivity contribution in [2.24, 2.45) is 0 Å². The molecule has 2 amide bonds. The van der Waals surface area contributed by atoms with Gasteiger partial charge < -0.3 is 25.3 Å². The molecule has 0 radical (unpaired) electrons. The molecule has 0 spiro atoms. The molecule has 9 heteroatoms. The van der Waals surface area contributed by atoms with Crippen molar-refractivity contribution in [1.29, 1.82) is 0 Å². The van der Waals surface area contributed by atoms with Gasteiger partial charge in [0.25, 0.3) is 0 Å². The molecule has 9 nitrogen and oxygen atoms in total. The molecular weight excluding hydrogens is 500 g/mol. The van der Waals surface area contributed by atoms with Crippen molar-refractivity contribution in [3.63, 3.8) is 0 Å². The molecule has 2 aromatic carbocycles. The van der Waals surface area contributed by atoms with Gasteiger partial charge in [-0.05, 0) is 62.2 Å². The van der Waals surface area contributed by atoms with Gasteiger partial charge in [-0.2, -0.15) is 4.98 Å². The van der Waals surface area contributed by atoms with Crippen LogP contribution in [0.5, 0.6) is 0 Å². The third-order valence-electron chi connectivity index (χ3n) is 8.97. The van der Waals surface area contributed by atoms with Crippen LogP contribution in [-0.4, -0.2) is 71.6 Å². The van der Waals surface area contributed by atoms with E-state index in [9.17, 15) is 4.79 Å². The molecule has 3 aliphatic heterocycles. The summed E-state index contributed by atoms with van der Waals surface area (Å²) in [6.45, 7) is 5.64. The Morgan fingerprint density at radius 1 is 0.950 bits per heavy atom. The fraction of sp³-hybridized carbons (Fsp3) is 0.452. The second-order valence-corrected chi connectivity index (χ2v) is 11.5. The second-order valence-electron chi connectivity index (χ2n) is 11.5. The van der Waals surface area contributed by atoms with E-state index in [4.69, 9.17) is 9.97 Å². The molecule has 208 valence electrons. The first-order valence-corrected chi connectivity index (χ1v) is 14.7. The molecule has 4 heterocycles. The molecule has 1 unspecified atom stereocenters. The molecule has 2 fully saturated rings. The fourth-order valence-corrected chi connectivity index (χ4v) is 6.71. The van der Waals surface area contributed by atoms with Gasteiger partial charge in [-0.25, -0.2) is 9.78 Å². The van der Waals surface area contributed by atoms with Crippen LogP contribution in [0, 0.1) is 0 Å². The number of nitrogens with one attached hydrogen (secondary N) is 2. The van der Waals surface area contributed by atoms with E-state index in [2.05, 4.69) is 76.0 Å². The van der Waals surface area contributed by atoms with Crippen LogP contribution in [0.25, 0.3) is 0 Å². The van der Waals surface area contributed by atoms with Crippen LogP contribution < -0.4 is 20.4 Å². The summed E-state index contributed by atoms with van der Waals surface area (Å²) in [5, 5.41) is 6.89. The summed E-state index contributed by atoms with van der Waals surface area (Å²) in [6, 6.07) is 17.2. The lowest BCUT2D eigenvalue weighted by Crippen LogP contribution is -2.53. The molecule has 1 aromatic heterocycles. The van der Waals surface area contributed by atoms with Crippen LogP contribution in [-0.2, 0) is 6.54 Å². The van der Waals surface area contributed by atoms with Crippen molar-refractivity contribution in [3.8, 4) is 0 Å². The number of urea groups is 1. The highest BCUT2D eigenvalue weighted by atomic mass is 16.2. The first-order chi connectivity index (χ1) is 19.6. The quantitative estimate of drug-likeness (QED) is 0.461. The van der Waals surface area contributed by atoms with Crippen molar-refractivity contribution in [3.05, 3.63) is 65.9 Å². The average molecular weight is 539 g/mol. The molecule has 0 bridgehead atoms. The van der Waals surface area contributed by atoms with Gasteiger partial charge in [0.1, 0.15) is 5.82 Å². The molecule has 7 rings (SSSR count). The van der Waals surface area contributed by atoms with E-state index in [-0.39, 0.29) is 18.1 Å². The molecule has 1 aliphatic carbocycles. The van der Waals surface area contributed by atoms with Crippen molar-refractivity contribution in [1.82, 2.24) is 19.8 Å². The fourth-order valence-electron chi connectivity index (χ4n) is 6.71. The normalized spacial score (nSPS) is 21.7. The average Bonchev–Trinajstić information content (AvgIpc) is 3.52. The number of para-hydroxylation sites is 1. The SMILES string of the molecule is CN1CCN(c2ccc(Nc3ncc4c(n3)N(C3CCCC3)C(=O)N(C3CCNc5ccccc53)C4)cc2)CC1. The molecule has 1 saturated heterocycles. The number of piperazine rings is 1. The van der Waals surface area contributed by atoms with E-state index in [1.807, 2.05) is 16.0 Å². The van der Waals surface area contributed by atoms with Gasteiger partial charge in [0.05, 0.1) is 12.6 Å². The van der Waals surface area contributed by atoms with E-state index in [0.29, 0.717) is 12.5 Å². The zero-order valence-electron chi connectivity index (χ0n) is 23.2. The molecule has 4 aliphatic rings. The largest absolute Gasteiger partial charge is 0.385 e. The Labute approximate surface area is 236 Å². The Morgan fingerprint density at radius 3 is 2.52 bits per heavy atom. The number of anilines is 5. The van der Waals surface area contributed by atoms with Gasteiger partial charge in [-0.1, -0.05) is 31.0 Å². The number of rotatable bonds is 5. The minimum Gasteiger partial charge on any atom is -0.385 e. The van der Waals surface area contributed by atoms with E-state index >= 15 is 0 Å². The third kappa shape index (κ3) is 4.72. The highest BCUT2D eigenvalue weighted by Gasteiger charge is 2.41. The van der Waals surface area contributed by atoms with Gasteiger partial charge in [-0.3, -0.25) is 4.90 Å². The highest BCUT2D eigenvalue weighted by molar-refractivity contribution is 5.95. The maximum Gasteiger partial charge on any atom is 0.326 e. The Kier molecular flexibility index (Phi) is 6.67. The zero-order valence-corrected chi connectivity index (χ0v) is 23.2. The number of carbonyl (C=O) groups excluding carboxylic acids is 1. The maximum atomic E-state index is 14.2. The van der Waals surface area contributed by atoms with Crippen molar-refractivity contribution in [2.75, 3.05) is 60.2 Å². The summed E-state index contributed by atoms with van der Waals surface area (Å²) in [4.78, 5) is 32.7. The Morgan fingerprint density at radius 2 is 1.73 bits per heavy atom. The molecule has 1 saturated carbocycles. The summed E-state index contributed by atoms with van der Waals surface area (Å²) in [5.74, 6) is 1.30. The van der Waals surface area contributed by atoms with E-state index in [0.717, 1.165) is 87.6 Å². The number of hydrogen-bond acceptors (Lipinski definition) is 7. The summed E-state index contributed by atoms with van der Waals surface area (Å²) in [5.41, 5.74) is 5.51. The smallest absolute Gasteiger partial charge is 0.326 e. The number of carbonyl (C=O) groups is 1. The van der Waals surface area contributed by atoms with Crippen molar-refractivity contribution in [2.45, 2.75) is 50.7 Å². The third-order valence-corrected chi connectivity index (χ3v) is 8.97. The monoisotopic (exact) mass is 538 g/mol. The van der Waals surface area contributed by atoms with Crippen LogP contribution >= 0.6 is 0 Å². The standard InChI is InChI=1S/C31H38N8O/c1-36-16-18-37(19-17-36)24-12-10-23(11-13-24)34-30-33-20-22-21-38(28-14-15-32-27-9-5-4-8-26(27)28)31(40)39(29(22)35-30)25-6-2-3-7-25/h4-5,8-13,20,25,28,32H,2-3,6-7,14-19,21H2,1H3,(H,33,34,35). The summed E-state index contributed by atoms with van der Waals surface area (Å²) < 4.78 is 0. The number of nitrogens with zero attached hydrogens (tertiary/aromatic N) is 6. The molecule has 2 N–H and O–H groups in total. The summed E-state index contributed by atoms with van der Waals surface area (Å²) in [6.07, 6.45) is 7.13. The predicted molar refractivity (Wildman–Crippen MR) is 159 cm³/mol. The van der Waals surface area contributed by atoms with Gasteiger partial charge >= 0.3 is 6.03 Å². The first-order valence-electron chi connectivity index (χ1n) is 14.7. The number of fused-ring (bicyclic) bond motifs is 2. The number of benzene rings is 2.